The van der Waals surface area contributed by atoms with Gasteiger partial charge in [0.05, 0.1) is 42.4 Å². The van der Waals surface area contributed by atoms with Crippen LogP contribution in [0.2, 0.25) is 0 Å². The van der Waals surface area contributed by atoms with Gasteiger partial charge in [0.2, 0.25) is 0 Å². The van der Waals surface area contributed by atoms with Gasteiger partial charge in [-0.25, -0.2) is 9.97 Å². The van der Waals surface area contributed by atoms with E-state index in [0.717, 1.165) is 0 Å². The first-order chi connectivity index (χ1) is 30.2. The fraction of sp³-hybridized carbons (Fsp3) is 0. The normalized spacial score (nSPS) is 12.9. The van der Waals surface area contributed by atoms with E-state index in [1.807, 2.05) is 0 Å². The van der Waals surface area contributed by atoms with Crippen LogP contribution in [0.25, 0.3) is 90.9 Å². The fourth-order valence-electron chi connectivity index (χ4n) is 7.59. The summed E-state index contributed by atoms with van der Waals surface area (Å²) in [5.41, 5.74) is 7.41. The molecule has 0 unspecified atom stereocenters. The SMILES string of the molecule is O=S(=O)(O)c1ccc(-c2c3nc(c(-c4ccc(S(=O)(=O)O)cc4)c4ccc([nH]4)c(-c4ccc(S(=O)(=O)O)cc4)c4nc(c(-c5ccc(S(=O)(=O)O)cc5)c5ccc2[nH]5)C=C4)C=C3)cc1.[Fe+2]. The predicted molar refractivity (Wildman–Crippen MR) is 240 cm³/mol. The fourth-order valence-corrected chi connectivity index (χ4v) is 9.51. The van der Waals surface area contributed by atoms with Crippen LogP contribution < -0.4 is 0 Å². The minimum atomic E-state index is -4.55. The summed E-state index contributed by atoms with van der Waals surface area (Å²) in [7, 11) is -18.2. The number of aromatic nitrogens is 4. The standard InChI is InChI=1S/C44H30N4O12S4.Fe/c49-61(50,51)29-9-1-25(2-10-29)41-33-17-19-35(45-33)42(26-3-11-30(12-4-26)62(52,53)54)37-21-23-39(47-37)44(28-7-15-32(16-8-28)64(58,59)60)40-24-22-38(48-40)43(36-20-18-34(41)46-36)27-5-13-31(14-6-27)63(55,56)57;/h1-24,45,48H,(H,49,50,51)(H,52,53,54)(H,55,56,57)(H,58,59,60);/q;+2. The third kappa shape index (κ3) is 8.89. The Kier molecular flexibility index (Phi) is 11.5. The molecule has 0 amide bonds. The van der Waals surface area contributed by atoms with E-state index in [-0.39, 0.29) is 36.7 Å². The Labute approximate surface area is 381 Å². The molecule has 8 bridgehead atoms. The van der Waals surface area contributed by atoms with Crippen molar-refractivity contribution in [3.05, 3.63) is 144 Å². The number of hydrogen-bond donors (Lipinski definition) is 6. The van der Waals surface area contributed by atoms with Crippen molar-refractivity contribution in [3.63, 3.8) is 0 Å². The number of benzene rings is 4. The number of H-pyrrole nitrogens is 2. The molecule has 3 aromatic heterocycles. The third-order valence-corrected chi connectivity index (χ3v) is 14.0. The molecule has 7 aromatic rings. The first-order valence-corrected chi connectivity index (χ1v) is 24.5. The molecule has 0 radical (unpaired) electrons. The van der Waals surface area contributed by atoms with E-state index < -0.39 is 40.5 Å². The molecule has 0 fully saturated rings. The predicted octanol–water partition coefficient (Wildman–Crippen LogP) is 8.31. The molecule has 0 spiro atoms. The second-order valence-corrected chi connectivity index (χ2v) is 20.2. The topological polar surface area (TPSA) is 275 Å². The van der Waals surface area contributed by atoms with Crippen molar-refractivity contribution in [1.29, 1.82) is 0 Å². The Balaban J connectivity index is 0.00000576. The Morgan fingerprint density at radius 1 is 0.308 bits per heavy atom. The number of rotatable bonds is 8. The summed E-state index contributed by atoms with van der Waals surface area (Å²) in [6, 6.07) is 29.0. The number of hydrogen-bond acceptors (Lipinski definition) is 10. The zero-order chi connectivity index (χ0) is 45.3. The van der Waals surface area contributed by atoms with Gasteiger partial charge in [0.25, 0.3) is 40.5 Å². The summed E-state index contributed by atoms with van der Waals surface area (Å²) in [6.45, 7) is 0. The smallest absolute Gasteiger partial charge is 0.354 e. The summed E-state index contributed by atoms with van der Waals surface area (Å²) >= 11 is 0. The molecule has 9 rings (SSSR count). The number of nitrogens with one attached hydrogen (secondary N) is 2. The largest absolute Gasteiger partial charge is 2.00 e. The van der Waals surface area contributed by atoms with Crippen molar-refractivity contribution < 1.29 is 69.0 Å². The molecule has 328 valence electrons. The summed E-state index contributed by atoms with van der Waals surface area (Å²) in [6.07, 6.45) is 6.92. The first kappa shape index (κ1) is 45.2. The molecule has 5 heterocycles. The minimum absolute atomic E-state index is 0. The van der Waals surface area contributed by atoms with Crippen LogP contribution in [0.3, 0.4) is 0 Å². The first-order valence-electron chi connectivity index (χ1n) is 18.7. The molecular formula is C44H30FeN4O12S4+2. The van der Waals surface area contributed by atoms with Gasteiger partial charge in [0, 0.05) is 44.3 Å². The summed E-state index contributed by atoms with van der Waals surface area (Å²) in [5, 5.41) is 0. The Hall–Kier alpha value is -6.36. The Morgan fingerprint density at radius 3 is 0.662 bits per heavy atom. The molecule has 6 N–H and O–H groups in total. The minimum Gasteiger partial charge on any atom is -0.354 e. The van der Waals surface area contributed by atoms with E-state index in [1.54, 1.807) is 48.6 Å². The van der Waals surface area contributed by atoms with Gasteiger partial charge in [0.15, 0.2) is 0 Å². The average molecular weight is 991 g/mol. The Morgan fingerprint density at radius 2 is 0.492 bits per heavy atom. The molecule has 2 aliphatic heterocycles. The monoisotopic (exact) mass is 990 g/mol. The van der Waals surface area contributed by atoms with Gasteiger partial charge in [-0.15, -0.1) is 0 Å². The van der Waals surface area contributed by atoms with Crippen molar-refractivity contribution in [3.8, 4) is 44.5 Å². The molecule has 0 atom stereocenters. The summed E-state index contributed by atoms with van der Waals surface area (Å²) in [4.78, 5) is 15.6. The van der Waals surface area contributed by atoms with Crippen LogP contribution in [0.1, 0.15) is 22.8 Å². The van der Waals surface area contributed by atoms with Crippen LogP contribution >= 0.6 is 0 Å². The van der Waals surface area contributed by atoms with Crippen LogP contribution in [-0.4, -0.2) is 71.8 Å². The van der Waals surface area contributed by atoms with Gasteiger partial charge < -0.3 is 9.97 Å². The molecule has 16 nitrogen and oxygen atoms in total. The van der Waals surface area contributed by atoms with E-state index >= 15 is 0 Å². The molecule has 65 heavy (non-hydrogen) atoms. The second-order valence-electron chi connectivity index (χ2n) is 14.5. The quantitative estimate of drug-likeness (QED) is 0.0617. The van der Waals surface area contributed by atoms with E-state index in [0.29, 0.717) is 89.4 Å². The second kappa shape index (κ2) is 16.6. The maximum Gasteiger partial charge on any atom is 2.00 e. The summed E-state index contributed by atoms with van der Waals surface area (Å²) in [5.74, 6) is 0. The van der Waals surface area contributed by atoms with E-state index in [2.05, 4.69) is 9.97 Å². The van der Waals surface area contributed by atoms with Crippen molar-refractivity contribution in [2.75, 3.05) is 0 Å². The average Bonchev–Trinajstić information content (AvgIpc) is 4.08. The molecule has 0 aliphatic carbocycles. The van der Waals surface area contributed by atoms with Crippen molar-refractivity contribution in [2.45, 2.75) is 19.6 Å². The van der Waals surface area contributed by atoms with Gasteiger partial charge in [0.1, 0.15) is 0 Å². The van der Waals surface area contributed by atoms with E-state index in [4.69, 9.17) is 9.97 Å². The van der Waals surface area contributed by atoms with Crippen LogP contribution in [0, 0.1) is 0 Å². The van der Waals surface area contributed by atoms with Gasteiger partial charge >= 0.3 is 17.1 Å². The van der Waals surface area contributed by atoms with Crippen molar-refractivity contribution >= 4 is 86.8 Å². The van der Waals surface area contributed by atoms with Gasteiger partial charge in [-0.1, -0.05) is 48.5 Å². The van der Waals surface area contributed by atoms with Gasteiger partial charge in [-0.2, -0.15) is 33.7 Å². The van der Waals surface area contributed by atoms with Gasteiger partial charge in [-0.05, 0) is 119 Å². The van der Waals surface area contributed by atoms with Gasteiger partial charge in [-0.3, -0.25) is 18.2 Å². The van der Waals surface area contributed by atoms with Crippen LogP contribution in [0.5, 0.6) is 0 Å². The van der Waals surface area contributed by atoms with Crippen molar-refractivity contribution in [1.82, 2.24) is 19.9 Å². The van der Waals surface area contributed by atoms with Crippen LogP contribution in [-0.2, 0) is 57.5 Å². The maximum absolute atomic E-state index is 12.0. The van der Waals surface area contributed by atoms with E-state index in [1.165, 1.54) is 97.1 Å². The van der Waals surface area contributed by atoms with Crippen molar-refractivity contribution in [2.24, 2.45) is 0 Å². The van der Waals surface area contributed by atoms with Crippen LogP contribution in [0.4, 0.5) is 0 Å². The van der Waals surface area contributed by atoms with E-state index in [9.17, 15) is 51.9 Å². The zero-order valence-electron chi connectivity index (χ0n) is 32.8. The molecular weight excluding hydrogens is 961 g/mol. The zero-order valence-corrected chi connectivity index (χ0v) is 37.2. The molecule has 0 saturated carbocycles. The third-order valence-electron chi connectivity index (χ3n) is 10.5. The number of nitrogens with zero attached hydrogens (tertiary/aromatic N) is 2. The molecule has 4 aromatic carbocycles. The Bertz CT molecular complexity index is 3300. The molecule has 0 saturated heterocycles. The molecule has 21 heteroatoms. The number of fused-ring (bicyclic) bond motifs is 8. The maximum atomic E-state index is 12.0. The van der Waals surface area contributed by atoms with Crippen LogP contribution in [0.15, 0.2) is 141 Å². The number of aromatic amines is 2. The summed E-state index contributed by atoms with van der Waals surface area (Å²) < 4.78 is 135. The molecule has 2 aliphatic rings.